The smallest absolute Gasteiger partial charge is 0.304 e. The van der Waals surface area contributed by atoms with E-state index in [1.807, 2.05) is 0 Å². The summed E-state index contributed by atoms with van der Waals surface area (Å²) in [5.74, 6) is -0.388. The summed E-state index contributed by atoms with van der Waals surface area (Å²) in [5, 5.41) is 8.45. The number of carboxylic acids is 1. The van der Waals surface area contributed by atoms with Crippen molar-refractivity contribution in [3.63, 3.8) is 0 Å². The van der Waals surface area contributed by atoms with Crippen LogP contribution in [-0.2, 0) is 21.4 Å². The van der Waals surface area contributed by atoms with E-state index >= 15 is 0 Å². The van der Waals surface area contributed by atoms with Crippen molar-refractivity contribution in [3.05, 3.63) is 23.8 Å². The van der Waals surface area contributed by atoms with Crippen molar-refractivity contribution in [3.8, 4) is 11.5 Å². The highest BCUT2D eigenvalue weighted by Gasteiger charge is 2.15. The van der Waals surface area contributed by atoms with Gasteiger partial charge < -0.3 is 14.6 Å². The van der Waals surface area contributed by atoms with Gasteiger partial charge >= 0.3 is 5.97 Å². The van der Waals surface area contributed by atoms with E-state index in [9.17, 15) is 13.2 Å². The maximum Gasteiger partial charge on any atom is 0.304 e. The molecule has 1 aliphatic rings. The van der Waals surface area contributed by atoms with Gasteiger partial charge in [-0.3, -0.25) is 4.79 Å². The summed E-state index contributed by atoms with van der Waals surface area (Å²) in [4.78, 5) is 10.3. The molecule has 2 rings (SSSR count). The Morgan fingerprint density at radius 2 is 2.05 bits per heavy atom. The van der Waals surface area contributed by atoms with Crippen molar-refractivity contribution in [2.45, 2.75) is 13.0 Å². The highest BCUT2D eigenvalue weighted by Crippen LogP contribution is 2.32. The van der Waals surface area contributed by atoms with Crippen molar-refractivity contribution < 1.29 is 27.8 Å². The molecule has 1 aromatic carbocycles. The predicted octanol–water partition coefficient (Wildman–Crippen LogP) is 0.309. The van der Waals surface area contributed by atoms with E-state index in [0.717, 1.165) is 0 Å². The summed E-state index contributed by atoms with van der Waals surface area (Å²) >= 11 is 0. The number of ether oxygens (including phenoxy) is 2. The number of carbonyl (C=O) groups is 1. The van der Waals surface area contributed by atoms with E-state index in [4.69, 9.17) is 14.6 Å². The van der Waals surface area contributed by atoms with Crippen LogP contribution in [0, 0.1) is 0 Å². The maximum absolute atomic E-state index is 11.5. The average molecular weight is 287 g/mol. The molecular formula is C11H13NO6S. The minimum absolute atomic E-state index is 0.0819. The lowest BCUT2D eigenvalue weighted by Gasteiger charge is -2.06. The molecule has 0 amide bonds. The van der Waals surface area contributed by atoms with Crippen LogP contribution >= 0.6 is 0 Å². The molecule has 0 unspecified atom stereocenters. The number of fused-ring (bicyclic) bond motifs is 1. The predicted molar refractivity (Wildman–Crippen MR) is 65.4 cm³/mol. The first-order valence-electron chi connectivity index (χ1n) is 5.54. The van der Waals surface area contributed by atoms with Crippen molar-refractivity contribution in [1.82, 2.24) is 4.72 Å². The fourth-order valence-corrected chi connectivity index (χ4v) is 2.51. The lowest BCUT2D eigenvalue weighted by atomic mass is 10.2. The third kappa shape index (κ3) is 3.83. The first-order chi connectivity index (χ1) is 8.96. The molecule has 2 N–H and O–H groups in total. The van der Waals surface area contributed by atoms with Crippen molar-refractivity contribution in [2.24, 2.45) is 0 Å². The Hall–Kier alpha value is -1.80. The van der Waals surface area contributed by atoms with Gasteiger partial charge in [0.1, 0.15) is 0 Å². The fraction of sp³-hybridized carbons (Fsp3) is 0.364. The summed E-state index contributed by atoms with van der Waals surface area (Å²) in [6, 6.07) is 5.10. The molecule has 1 aromatic rings. The molecule has 0 spiro atoms. The highest BCUT2D eigenvalue weighted by molar-refractivity contribution is 7.89. The Kier molecular flexibility index (Phi) is 3.91. The molecular weight excluding hydrogens is 274 g/mol. The van der Waals surface area contributed by atoms with Gasteiger partial charge in [-0.25, -0.2) is 13.1 Å². The quantitative estimate of drug-likeness (QED) is 0.780. The molecule has 0 saturated heterocycles. The normalized spacial score (nSPS) is 13.5. The van der Waals surface area contributed by atoms with Crippen LogP contribution in [0.1, 0.15) is 12.0 Å². The van der Waals surface area contributed by atoms with Crippen LogP contribution in [0.15, 0.2) is 18.2 Å². The molecule has 0 fully saturated rings. The molecule has 19 heavy (non-hydrogen) atoms. The summed E-state index contributed by atoms with van der Waals surface area (Å²) < 4.78 is 35.7. The molecule has 0 bridgehead atoms. The molecule has 8 heteroatoms. The van der Waals surface area contributed by atoms with Gasteiger partial charge in [-0.2, -0.15) is 0 Å². The van der Waals surface area contributed by atoms with Gasteiger partial charge in [-0.1, -0.05) is 6.07 Å². The molecule has 0 aromatic heterocycles. The van der Waals surface area contributed by atoms with Crippen LogP contribution in [0.2, 0.25) is 0 Å². The second-order valence-electron chi connectivity index (χ2n) is 3.97. The second kappa shape index (κ2) is 5.45. The van der Waals surface area contributed by atoms with E-state index in [-0.39, 0.29) is 13.3 Å². The zero-order valence-corrected chi connectivity index (χ0v) is 10.8. The lowest BCUT2D eigenvalue weighted by Crippen LogP contribution is -2.27. The Morgan fingerprint density at radius 3 is 2.79 bits per heavy atom. The molecule has 1 aliphatic heterocycles. The minimum Gasteiger partial charge on any atom is -0.481 e. The first kappa shape index (κ1) is 13.6. The van der Waals surface area contributed by atoms with Gasteiger partial charge in [0.15, 0.2) is 11.5 Å². The molecule has 7 nitrogen and oxygen atoms in total. The molecule has 0 aliphatic carbocycles. The van der Waals surface area contributed by atoms with Gasteiger partial charge in [0.25, 0.3) is 0 Å². The monoisotopic (exact) mass is 287 g/mol. The van der Waals surface area contributed by atoms with Crippen LogP contribution in [0.5, 0.6) is 11.5 Å². The zero-order chi connectivity index (χ0) is 13.9. The summed E-state index contributed by atoms with van der Waals surface area (Å²) in [6.45, 7) is 0.238. The topological polar surface area (TPSA) is 102 Å². The van der Waals surface area contributed by atoms with Crippen LogP contribution in [0.25, 0.3) is 0 Å². The van der Waals surface area contributed by atoms with Crippen LogP contribution in [0.4, 0.5) is 0 Å². The number of aliphatic carboxylic acids is 1. The maximum atomic E-state index is 11.5. The number of benzene rings is 1. The standard InChI is InChI=1S/C11H13NO6S/c13-11(14)3-4-19(15,16)12-6-8-1-2-9-10(5-8)18-7-17-9/h1-2,5,12H,3-4,6-7H2,(H,13,14). The summed E-state index contributed by atoms with van der Waals surface area (Å²) in [5.41, 5.74) is 0.711. The number of rotatable bonds is 6. The van der Waals surface area contributed by atoms with Gasteiger partial charge in [0, 0.05) is 6.54 Å². The van der Waals surface area contributed by atoms with Crippen molar-refractivity contribution >= 4 is 16.0 Å². The van der Waals surface area contributed by atoms with Gasteiger partial charge in [-0.15, -0.1) is 0 Å². The first-order valence-corrected chi connectivity index (χ1v) is 7.19. The van der Waals surface area contributed by atoms with E-state index in [1.54, 1.807) is 18.2 Å². The average Bonchev–Trinajstić information content (AvgIpc) is 2.81. The Labute approximate surface area is 110 Å². The third-order valence-corrected chi connectivity index (χ3v) is 3.84. The molecule has 0 radical (unpaired) electrons. The largest absolute Gasteiger partial charge is 0.481 e. The second-order valence-corrected chi connectivity index (χ2v) is 5.90. The van der Waals surface area contributed by atoms with Crippen LogP contribution < -0.4 is 14.2 Å². The Bertz CT molecular complexity index is 583. The molecule has 104 valence electrons. The number of hydrogen-bond acceptors (Lipinski definition) is 5. The molecule has 1 heterocycles. The van der Waals surface area contributed by atoms with Crippen molar-refractivity contribution in [2.75, 3.05) is 12.5 Å². The zero-order valence-electron chi connectivity index (χ0n) is 9.96. The number of nitrogens with one attached hydrogen (secondary N) is 1. The number of carboxylic acid groups (broad SMARTS) is 1. The highest BCUT2D eigenvalue weighted by atomic mass is 32.2. The van der Waals surface area contributed by atoms with Crippen LogP contribution in [-0.4, -0.2) is 32.0 Å². The summed E-state index contributed by atoms with van der Waals surface area (Å²) in [7, 11) is -3.59. The Balaban J connectivity index is 1.93. The number of sulfonamides is 1. The van der Waals surface area contributed by atoms with E-state index in [1.165, 1.54) is 0 Å². The van der Waals surface area contributed by atoms with E-state index < -0.39 is 28.2 Å². The van der Waals surface area contributed by atoms with Gasteiger partial charge in [-0.05, 0) is 17.7 Å². The Morgan fingerprint density at radius 1 is 1.32 bits per heavy atom. The van der Waals surface area contributed by atoms with Gasteiger partial charge in [0.05, 0.1) is 12.2 Å². The fourth-order valence-electron chi connectivity index (χ4n) is 1.54. The lowest BCUT2D eigenvalue weighted by molar-refractivity contribution is -0.136. The van der Waals surface area contributed by atoms with E-state index in [0.29, 0.717) is 17.1 Å². The SMILES string of the molecule is O=C(O)CCS(=O)(=O)NCc1ccc2c(c1)OCO2. The third-order valence-electron chi connectivity index (χ3n) is 2.52. The van der Waals surface area contributed by atoms with Crippen LogP contribution in [0.3, 0.4) is 0 Å². The minimum atomic E-state index is -3.59. The van der Waals surface area contributed by atoms with Crippen molar-refractivity contribution in [1.29, 1.82) is 0 Å². The number of hydrogen-bond donors (Lipinski definition) is 2. The molecule has 0 atom stereocenters. The van der Waals surface area contributed by atoms with E-state index in [2.05, 4.69) is 4.72 Å². The molecule has 0 saturated carbocycles. The van der Waals surface area contributed by atoms with Gasteiger partial charge in [0.2, 0.25) is 16.8 Å². The summed E-state index contributed by atoms with van der Waals surface area (Å²) in [6.07, 6.45) is -0.420.